The van der Waals surface area contributed by atoms with Crippen LogP contribution in [0.3, 0.4) is 0 Å². The number of aromatic nitrogens is 4. The van der Waals surface area contributed by atoms with Crippen molar-refractivity contribution < 1.29 is 14.2 Å². The first-order valence-electron chi connectivity index (χ1n) is 10.1. The lowest BCUT2D eigenvalue weighted by molar-refractivity contribution is 0.184. The second-order valence-electron chi connectivity index (χ2n) is 7.74. The van der Waals surface area contributed by atoms with E-state index in [4.69, 9.17) is 19.2 Å². The molecule has 0 N–H and O–H groups in total. The predicted molar refractivity (Wildman–Crippen MR) is 117 cm³/mol. The van der Waals surface area contributed by atoms with Crippen molar-refractivity contribution >= 4 is 22.8 Å². The van der Waals surface area contributed by atoms with Crippen molar-refractivity contribution in [1.82, 2.24) is 18.7 Å². The number of methoxy groups -OCH3 is 3. The van der Waals surface area contributed by atoms with Crippen LogP contribution in [0.15, 0.2) is 27.8 Å². The number of hydrogen-bond acceptors (Lipinski definition) is 7. The van der Waals surface area contributed by atoms with Gasteiger partial charge >= 0.3 is 5.69 Å². The molecule has 1 atom stereocenters. The molecule has 1 aromatic carbocycles. The summed E-state index contributed by atoms with van der Waals surface area (Å²) in [5, 5.41) is 0. The fraction of sp³-hybridized carbons (Fsp3) is 0.476. The SMILES string of the molecule is COCCn1c(=O)c2c(nc3n2C[C@H](C)CN3c2cc(OC)ccc2OC)n(C)c1=O. The van der Waals surface area contributed by atoms with Crippen LogP contribution in [-0.2, 0) is 24.9 Å². The Labute approximate surface area is 179 Å². The number of aryl methyl sites for hydroxylation is 1. The molecule has 1 aliphatic heterocycles. The zero-order chi connectivity index (χ0) is 22.3. The van der Waals surface area contributed by atoms with Crippen LogP contribution in [0, 0.1) is 5.92 Å². The highest BCUT2D eigenvalue weighted by Crippen LogP contribution is 2.39. The maximum Gasteiger partial charge on any atom is 0.332 e. The highest BCUT2D eigenvalue weighted by atomic mass is 16.5. The van der Waals surface area contributed by atoms with Crippen LogP contribution in [0.1, 0.15) is 6.92 Å². The van der Waals surface area contributed by atoms with Crippen molar-refractivity contribution in [1.29, 1.82) is 0 Å². The van der Waals surface area contributed by atoms with Crippen molar-refractivity contribution in [3.63, 3.8) is 0 Å². The van der Waals surface area contributed by atoms with Gasteiger partial charge in [0.2, 0.25) is 5.95 Å². The molecule has 2 aromatic heterocycles. The van der Waals surface area contributed by atoms with E-state index in [9.17, 15) is 9.59 Å². The Morgan fingerprint density at radius 2 is 1.90 bits per heavy atom. The predicted octanol–water partition coefficient (Wildman–Crippen LogP) is 1.35. The van der Waals surface area contributed by atoms with Gasteiger partial charge in [0.15, 0.2) is 11.2 Å². The van der Waals surface area contributed by atoms with Gasteiger partial charge in [-0.3, -0.25) is 13.9 Å². The van der Waals surface area contributed by atoms with E-state index in [1.165, 1.54) is 16.2 Å². The van der Waals surface area contributed by atoms with Gasteiger partial charge in [-0.15, -0.1) is 0 Å². The molecule has 10 nitrogen and oxygen atoms in total. The lowest BCUT2D eigenvalue weighted by atomic mass is 10.1. The zero-order valence-corrected chi connectivity index (χ0v) is 18.4. The molecule has 0 saturated carbocycles. The zero-order valence-electron chi connectivity index (χ0n) is 18.4. The van der Waals surface area contributed by atoms with Crippen molar-refractivity contribution in [3.05, 3.63) is 39.0 Å². The fourth-order valence-electron chi connectivity index (χ4n) is 4.10. The summed E-state index contributed by atoms with van der Waals surface area (Å²) in [6.45, 7) is 3.86. The van der Waals surface area contributed by atoms with Gasteiger partial charge in [0.25, 0.3) is 5.56 Å². The Morgan fingerprint density at radius 1 is 1.13 bits per heavy atom. The van der Waals surface area contributed by atoms with E-state index in [-0.39, 0.29) is 24.6 Å². The molecule has 10 heteroatoms. The third kappa shape index (κ3) is 3.36. The van der Waals surface area contributed by atoms with Crippen molar-refractivity contribution in [2.45, 2.75) is 20.0 Å². The molecule has 0 amide bonds. The van der Waals surface area contributed by atoms with E-state index in [1.54, 1.807) is 21.3 Å². The van der Waals surface area contributed by atoms with E-state index in [2.05, 4.69) is 6.92 Å². The number of nitrogens with zero attached hydrogens (tertiary/aromatic N) is 5. The van der Waals surface area contributed by atoms with Gasteiger partial charge in [0, 0.05) is 33.3 Å². The van der Waals surface area contributed by atoms with Gasteiger partial charge in [0.1, 0.15) is 11.5 Å². The molecule has 1 aliphatic rings. The summed E-state index contributed by atoms with van der Waals surface area (Å²) < 4.78 is 20.6. The van der Waals surface area contributed by atoms with Crippen LogP contribution < -0.4 is 25.6 Å². The molecule has 0 radical (unpaired) electrons. The maximum absolute atomic E-state index is 13.3. The van der Waals surface area contributed by atoms with E-state index < -0.39 is 5.69 Å². The third-order valence-corrected chi connectivity index (χ3v) is 5.64. The average Bonchev–Trinajstić information content (AvgIpc) is 3.16. The van der Waals surface area contributed by atoms with Gasteiger partial charge in [-0.1, -0.05) is 6.92 Å². The molecule has 0 spiro atoms. The molecule has 4 rings (SSSR count). The molecule has 0 aliphatic carbocycles. The lowest BCUT2D eigenvalue weighted by Crippen LogP contribution is -2.41. The number of benzene rings is 1. The Kier molecular flexibility index (Phi) is 5.48. The summed E-state index contributed by atoms with van der Waals surface area (Å²) in [6.07, 6.45) is 0. The van der Waals surface area contributed by atoms with Crippen molar-refractivity contribution in [2.75, 3.05) is 39.4 Å². The van der Waals surface area contributed by atoms with Crippen molar-refractivity contribution in [3.8, 4) is 11.5 Å². The van der Waals surface area contributed by atoms with E-state index in [0.29, 0.717) is 41.7 Å². The minimum Gasteiger partial charge on any atom is -0.497 e. The fourth-order valence-corrected chi connectivity index (χ4v) is 4.10. The van der Waals surface area contributed by atoms with Gasteiger partial charge in [-0.05, 0) is 18.1 Å². The van der Waals surface area contributed by atoms with Crippen LogP contribution in [0.5, 0.6) is 11.5 Å². The minimum atomic E-state index is -0.413. The van der Waals surface area contributed by atoms with E-state index in [0.717, 1.165) is 5.69 Å². The van der Waals surface area contributed by atoms with Gasteiger partial charge in [-0.25, -0.2) is 4.79 Å². The first kappa shape index (κ1) is 21.0. The first-order chi connectivity index (χ1) is 14.9. The normalized spacial score (nSPS) is 15.9. The van der Waals surface area contributed by atoms with Crippen molar-refractivity contribution in [2.24, 2.45) is 13.0 Å². The van der Waals surface area contributed by atoms with Crippen LogP contribution >= 0.6 is 0 Å². The Bertz CT molecular complexity index is 1240. The Hall–Kier alpha value is -3.27. The molecule has 0 fully saturated rings. The molecular formula is C21H27N5O5. The van der Waals surface area contributed by atoms with Gasteiger partial charge < -0.3 is 23.7 Å². The van der Waals surface area contributed by atoms with Crippen LogP contribution in [0.25, 0.3) is 11.2 Å². The second-order valence-corrected chi connectivity index (χ2v) is 7.74. The number of imidazole rings is 1. The molecule has 31 heavy (non-hydrogen) atoms. The molecule has 0 saturated heterocycles. The topological polar surface area (TPSA) is 92.8 Å². The standard InChI is InChI=1S/C21H27N5O5/c1-13-11-25(15-10-14(30-4)6-7-16(15)31-5)20-22-18-17(26(20)12-13)19(27)24(8-9-29-3)21(28)23(18)2/h6-7,10,13H,8-9,11-12H2,1-5H3/t13-/m1/s1. The largest absolute Gasteiger partial charge is 0.497 e. The monoisotopic (exact) mass is 429 g/mol. The van der Waals surface area contributed by atoms with E-state index in [1.807, 2.05) is 27.7 Å². The number of rotatable bonds is 6. The smallest absolute Gasteiger partial charge is 0.332 e. The number of anilines is 2. The number of ether oxygens (including phenoxy) is 3. The molecule has 166 valence electrons. The number of fused-ring (bicyclic) bond motifs is 3. The number of hydrogen-bond donors (Lipinski definition) is 0. The summed E-state index contributed by atoms with van der Waals surface area (Å²) in [5.74, 6) is 2.17. The highest BCUT2D eigenvalue weighted by Gasteiger charge is 2.31. The van der Waals surface area contributed by atoms with Gasteiger partial charge in [-0.2, -0.15) is 4.98 Å². The van der Waals surface area contributed by atoms with Crippen LogP contribution in [0.2, 0.25) is 0 Å². The summed E-state index contributed by atoms with van der Waals surface area (Å²) in [6, 6.07) is 5.56. The van der Waals surface area contributed by atoms with Crippen LogP contribution in [0.4, 0.5) is 11.6 Å². The summed E-state index contributed by atoms with van der Waals surface area (Å²) in [4.78, 5) is 32.8. The summed E-state index contributed by atoms with van der Waals surface area (Å²) in [7, 11) is 6.39. The molecule has 3 heterocycles. The minimum absolute atomic E-state index is 0.182. The molecule has 3 aromatic rings. The molecule has 0 bridgehead atoms. The average molecular weight is 429 g/mol. The maximum atomic E-state index is 13.3. The summed E-state index contributed by atoms with van der Waals surface area (Å²) in [5.41, 5.74) is 0.782. The second kappa shape index (κ2) is 8.10. The summed E-state index contributed by atoms with van der Waals surface area (Å²) >= 11 is 0. The van der Waals surface area contributed by atoms with Gasteiger partial charge in [0.05, 0.1) is 33.1 Å². The van der Waals surface area contributed by atoms with E-state index >= 15 is 0 Å². The molecular weight excluding hydrogens is 402 g/mol. The van der Waals surface area contributed by atoms with Crippen LogP contribution in [-0.4, -0.2) is 53.2 Å². The third-order valence-electron chi connectivity index (χ3n) is 5.64. The Balaban J connectivity index is 1.99. The quantitative estimate of drug-likeness (QED) is 0.584. The highest BCUT2D eigenvalue weighted by molar-refractivity contribution is 5.78. The Morgan fingerprint density at radius 3 is 2.58 bits per heavy atom. The lowest BCUT2D eigenvalue weighted by Gasteiger charge is -2.33. The first-order valence-corrected chi connectivity index (χ1v) is 10.1. The molecule has 0 unspecified atom stereocenters.